The number of methoxy groups -OCH3 is 3. The summed E-state index contributed by atoms with van der Waals surface area (Å²) in [6.07, 6.45) is 3.20. The Morgan fingerprint density at radius 1 is 1.00 bits per heavy atom. The smallest absolute Gasteiger partial charge is 0.189 e. The van der Waals surface area contributed by atoms with Crippen molar-refractivity contribution >= 4 is 23.2 Å². The summed E-state index contributed by atoms with van der Waals surface area (Å²) >= 11 is 1.51. The number of aromatic nitrogens is 1. The fraction of sp³-hybridized carbons (Fsp3) is 0.143. The molecule has 0 radical (unpaired) electrons. The fourth-order valence-electron chi connectivity index (χ4n) is 2.50. The summed E-state index contributed by atoms with van der Waals surface area (Å²) in [5, 5.41) is 2.77. The van der Waals surface area contributed by atoms with Crippen LogP contribution in [0.15, 0.2) is 53.9 Å². The Hall–Kier alpha value is -3.12. The maximum Gasteiger partial charge on any atom is 0.189 e. The van der Waals surface area contributed by atoms with Gasteiger partial charge < -0.3 is 14.2 Å². The molecular weight excluding hydrogens is 362 g/mol. The molecule has 0 aliphatic rings. The highest BCUT2D eigenvalue weighted by molar-refractivity contribution is 7.13. The third-order valence-corrected chi connectivity index (χ3v) is 4.83. The monoisotopic (exact) mass is 381 g/mol. The van der Waals surface area contributed by atoms with Gasteiger partial charge in [0.05, 0.1) is 32.6 Å². The minimum atomic E-state index is -0.162. The standard InChI is InChI=1S/C21H19NO4S/c1-24-16-6-4-5-14(11-16)21-22-15(13-27-21)7-10-19(23)18-9-8-17(25-2)12-20(18)26-3/h4-13H,1-3H3/b10-7+. The lowest BCUT2D eigenvalue weighted by atomic mass is 10.1. The van der Waals surface area contributed by atoms with Crippen molar-refractivity contribution in [2.24, 2.45) is 0 Å². The van der Waals surface area contributed by atoms with Crippen molar-refractivity contribution in [3.8, 4) is 27.8 Å². The minimum Gasteiger partial charge on any atom is -0.497 e. The van der Waals surface area contributed by atoms with Crippen molar-refractivity contribution in [3.05, 3.63) is 65.2 Å². The van der Waals surface area contributed by atoms with Gasteiger partial charge in [0.1, 0.15) is 22.3 Å². The van der Waals surface area contributed by atoms with E-state index in [9.17, 15) is 4.79 Å². The molecule has 0 atom stereocenters. The lowest BCUT2D eigenvalue weighted by Crippen LogP contribution is -1.99. The molecule has 0 fully saturated rings. The molecule has 0 spiro atoms. The van der Waals surface area contributed by atoms with Gasteiger partial charge in [0.25, 0.3) is 0 Å². The number of thiazole rings is 1. The minimum absolute atomic E-state index is 0.162. The van der Waals surface area contributed by atoms with E-state index >= 15 is 0 Å². The summed E-state index contributed by atoms with van der Waals surface area (Å²) in [5.41, 5.74) is 2.17. The number of hydrogen-bond donors (Lipinski definition) is 0. The maximum absolute atomic E-state index is 12.5. The number of nitrogens with zero attached hydrogens (tertiary/aromatic N) is 1. The Balaban J connectivity index is 1.78. The van der Waals surface area contributed by atoms with Gasteiger partial charge in [0.15, 0.2) is 5.78 Å². The first-order chi connectivity index (χ1) is 13.1. The number of ketones is 1. The van der Waals surface area contributed by atoms with E-state index in [1.165, 1.54) is 24.5 Å². The van der Waals surface area contributed by atoms with E-state index in [-0.39, 0.29) is 5.78 Å². The third-order valence-electron chi connectivity index (χ3n) is 3.92. The Labute approximate surface area is 161 Å². The zero-order chi connectivity index (χ0) is 19.2. The second-order valence-corrected chi connectivity index (χ2v) is 6.43. The van der Waals surface area contributed by atoms with Crippen molar-refractivity contribution < 1.29 is 19.0 Å². The molecule has 27 heavy (non-hydrogen) atoms. The quantitative estimate of drug-likeness (QED) is 0.437. The average molecular weight is 381 g/mol. The van der Waals surface area contributed by atoms with Crippen molar-refractivity contribution in [1.82, 2.24) is 4.98 Å². The van der Waals surface area contributed by atoms with Crippen LogP contribution in [0.2, 0.25) is 0 Å². The van der Waals surface area contributed by atoms with Crippen molar-refractivity contribution in [2.75, 3.05) is 21.3 Å². The molecule has 0 saturated heterocycles. The zero-order valence-corrected chi connectivity index (χ0v) is 16.1. The Kier molecular flexibility index (Phi) is 5.88. The second-order valence-electron chi connectivity index (χ2n) is 5.57. The van der Waals surface area contributed by atoms with Crippen LogP contribution in [0.25, 0.3) is 16.6 Å². The summed E-state index contributed by atoms with van der Waals surface area (Å²) in [7, 11) is 4.72. The lowest BCUT2D eigenvalue weighted by molar-refractivity contribution is 0.104. The maximum atomic E-state index is 12.5. The molecule has 2 aromatic carbocycles. The number of rotatable bonds is 7. The summed E-state index contributed by atoms with van der Waals surface area (Å²) in [6.45, 7) is 0. The van der Waals surface area contributed by atoms with Crippen molar-refractivity contribution in [1.29, 1.82) is 0 Å². The van der Waals surface area contributed by atoms with Crippen LogP contribution in [0.1, 0.15) is 16.1 Å². The van der Waals surface area contributed by atoms with Crippen LogP contribution in [0.5, 0.6) is 17.2 Å². The molecule has 138 valence electrons. The number of ether oxygens (including phenoxy) is 3. The van der Waals surface area contributed by atoms with Crippen LogP contribution in [0.4, 0.5) is 0 Å². The molecule has 0 N–H and O–H groups in total. The lowest BCUT2D eigenvalue weighted by Gasteiger charge is -2.07. The molecule has 6 heteroatoms. The van der Waals surface area contributed by atoms with E-state index in [1.54, 1.807) is 38.5 Å². The number of hydrogen-bond acceptors (Lipinski definition) is 6. The zero-order valence-electron chi connectivity index (χ0n) is 15.3. The van der Waals surface area contributed by atoms with Gasteiger partial charge in [-0.3, -0.25) is 4.79 Å². The Morgan fingerprint density at radius 2 is 1.78 bits per heavy atom. The van der Waals surface area contributed by atoms with Crippen LogP contribution in [0, 0.1) is 0 Å². The highest BCUT2D eigenvalue weighted by Gasteiger charge is 2.11. The van der Waals surface area contributed by atoms with Gasteiger partial charge in [-0.2, -0.15) is 0 Å². The normalized spacial score (nSPS) is 10.8. The average Bonchev–Trinajstić information content (AvgIpc) is 3.20. The topological polar surface area (TPSA) is 57.7 Å². The SMILES string of the molecule is COc1cccc(-c2nc(/C=C/C(=O)c3ccc(OC)cc3OC)cs2)c1. The summed E-state index contributed by atoms with van der Waals surface area (Å²) in [6, 6.07) is 12.8. The first kappa shape index (κ1) is 18.7. The van der Waals surface area contributed by atoms with E-state index < -0.39 is 0 Å². The summed E-state index contributed by atoms with van der Waals surface area (Å²) < 4.78 is 15.7. The molecule has 5 nitrogen and oxygen atoms in total. The van der Waals surface area contributed by atoms with E-state index in [4.69, 9.17) is 14.2 Å². The molecule has 0 bridgehead atoms. The largest absolute Gasteiger partial charge is 0.497 e. The Morgan fingerprint density at radius 3 is 2.52 bits per heavy atom. The van der Waals surface area contributed by atoms with Crippen LogP contribution in [-0.4, -0.2) is 32.1 Å². The number of benzene rings is 2. The van der Waals surface area contributed by atoms with Gasteiger partial charge >= 0.3 is 0 Å². The number of allylic oxidation sites excluding steroid dienone is 1. The van der Waals surface area contributed by atoms with Gasteiger partial charge in [-0.05, 0) is 36.4 Å². The molecule has 3 rings (SSSR count). The first-order valence-corrected chi connectivity index (χ1v) is 9.07. The molecule has 0 amide bonds. The van der Waals surface area contributed by atoms with Gasteiger partial charge in [-0.25, -0.2) is 4.98 Å². The number of carbonyl (C=O) groups excluding carboxylic acids is 1. The van der Waals surface area contributed by atoms with E-state index in [2.05, 4.69) is 4.98 Å². The summed E-state index contributed by atoms with van der Waals surface area (Å²) in [5.74, 6) is 1.72. The van der Waals surface area contributed by atoms with E-state index in [1.807, 2.05) is 29.6 Å². The van der Waals surface area contributed by atoms with Crippen molar-refractivity contribution in [3.63, 3.8) is 0 Å². The summed E-state index contributed by atoms with van der Waals surface area (Å²) in [4.78, 5) is 17.1. The fourth-order valence-corrected chi connectivity index (χ4v) is 3.29. The molecule has 0 aliphatic carbocycles. The van der Waals surface area contributed by atoms with Crippen LogP contribution >= 0.6 is 11.3 Å². The second kappa shape index (κ2) is 8.51. The molecule has 0 unspecified atom stereocenters. The first-order valence-electron chi connectivity index (χ1n) is 8.19. The third kappa shape index (κ3) is 4.35. The van der Waals surface area contributed by atoms with E-state index in [0.29, 0.717) is 17.1 Å². The van der Waals surface area contributed by atoms with Gasteiger partial charge in [-0.1, -0.05) is 12.1 Å². The van der Waals surface area contributed by atoms with Crippen LogP contribution in [-0.2, 0) is 0 Å². The predicted molar refractivity (Wildman–Crippen MR) is 107 cm³/mol. The van der Waals surface area contributed by atoms with Gasteiger partial charge in [0, 0.05) is 17.0 Å². The van der Waals surface area contributed by atoms with Crippen LogP contribution < -0.4 is 14.2 Å². The molecule has 3 aromatic rings. The van der Waals surface area contributed by atoms with Crippen LogP contribution in [0.3, 0.4) is 0 Å². The van der Waals surface area contributed by atoms with Gasteiger partial charge in [-0.15, -0.1) is 11.3 Å². The van der Waals surface area contributed by atoms with Crippen molar-refractivity contribution in [2.45, 2.75) is 0 Å². The molecule has 0 saturated carbocycles. The molecule has 1 heterocycles. The highest BCUT2D eigenvalue weighted by atomic mass is 32.1. The molecule has 0 aliphatic heterocycles. The Bertz CT molecular complexity index is 978. The predicted octanol–water partition coefficient (Wildman–Crippen LogP) is 4.73. The van der Waals surface area contributed by atoms with E-state index in [0.717, 1.165) is 22.0 Å². The molecular formula is C21H19NO4S. The van der Waals surface area contributed by atoms with Gasteiger partial charge in [0.2, 0.25) is 0 Å². The molecule has 1 aromatic heterocycles. The highest BCUT2D eigenvalue weighted by Crippen LogP contribution is 2.28. The number of carbonyl (C=O) groups is 1.